The lowest BCUT2D eigenvalue weighted by Gasteiger charge is -2.36. The van der Waals surface area contributed by atoms with Gasteiger partial charge in [0.25, 0.3) is 0 Å². The highest BCUT2D eigenvalue weighted by atomic mass is 32.2. The van der Waals surface area contributed by atoms with Crippen molar-refractivity contribution in [3.8, 4) is 0 Å². The average molecular weight is 244 g/mol. The summed E-state index contributed by atoms with van der Waals surface area (Å²) >= 11 is 1.74. The lowest BCUT2D eigenvalue weighted by molar-refractivity contribution is -0.136. The van der Waals surface area contributed by atoms with Crippen LogP contribution in [0.3, 0.4) is 0 Å². The van der Waals surface area contributed by atoms with Crippen LogP contribution < -0.4 is 0 Å². The molecule has 4 heteroatoms. The van der Waals surface area contributed by atoms with Crippen molar-refractivity contribution in [2.45, 2.75) is 25.8 Å². The quantitative estimate of drug-likeness (QED) is 0.749. The van der Waals surface area contributed by atoms with Gasteiger partial charge < -0.3 is 9.80 Å². The summed E-state index contributed by atoms with van der Waals surface area (Å²) in [6.45, 7) is 4.22. The van der Waals surface area contributed by atoms with Gasteiger partial charge in [-0.05, 0) is 32.7 Å². The van der Waals surface area contributed by atoms with Gasteiger partial charge in [0.15, 0.2) is 0 Å². The molecule has 1 aliphatic rings. The van der Waals surface area contributed by atoms with Crippen LogP contribution in [-0.2, 0) is 4.79 Å². The molecule has 0 spiro atoms. The first-order valence-electron chi connectivity index (χ1n) is 6.00. The topological polar surface area (TPSA) is 23.6 Å². The van der Waals surface area contributed by atoms with Gasteiger partial charge >= 0.3 is 0 Å². The summed E-state index contributed by atoms with van der Waals surface area (Å²) in [5, 5.41) is 0. The average Bonchev–Trinajstić information content (AvgIpc) is 2.27. The van der Waals surface area contributed by atoms with Crippen LogP contribution in [0.4, 0.5) is 0 Å². The molecule has 1 fully saturated rings. The summed E-state index contributed by atoms with van der Waals surface area (Å²) in [5.41, 5.74) is 0. The number of carbonyl (C=O) groups is 1. The van der Waals surface area contributed by atoms with Crippen molar-refractivity contribution in [1.82, 2.24) is 9.80 Å². The molecule has 0 N–H and O–H groups in total. The Labute approximate surface area is 104 Å². The highest BCUT2D eigenvalue weighted by Gasteiger charge is 2.26. The Morgan fingerprint density at radius 1 is 1.62 bits per heavy atom. The minimum atomic E-state index is 0.146. The molecule has 0 aromatic carbocycles. The van der Waals surface area contributed by atoms with Gasteiger partial charge in [0.1, 0.15) is 0 Å². The smallest absolute Gasteiger partial charge is 0.226 e. The molecule has 0 radical (unpaired) electrons. The van der Waals surface area contributed by atoms with Gasteiger partial charge in [0.2, 0.25) is 5.91 Å². The van der Waals surface area contributed by atoms with Crippen LogP contribution in [0.1, 0.15) is 19.8 Å². The number of rotatable bonds is 4. The van der Waals surface area contributed by atoms with E-state index in [9.17, 15) is 4.79 Å². The van der Waals surface area contributed by atoms with Crippen molar-refractivity contribution >= 4 is 17.7 Å². The van der Waals surface area contributed by atoms with E-state index in [2.05, 4.69) is 18.2 Å². The molecular weight excluding hydrogens is 220 g/mol. The summed E-state index contributed by atoms with van der Waals surface area (Å²) < 4.78 is 0. The number of amides is 1. The molecular formula is C12H24N2OS. The highest BCUT2D eigenvalue weighted by molar-refractivity contribution is 7.98. The third-order valence-electron chi connectivity index (χ3n) is 3.33. The zero-order chi connectivity index (χ0) is 12.1. The van der Waals surface area contributed by atoms with E-state index in [1.807, 2.05) is 18.9 Å². The summed E-state index contributed by atoms with van der Waals surface area (Å²) in [4.78, 5) is 16.4. The molecule has 1 heterocycles. The number of likely N-dealkylation sites (tertiary alicyclic amines) is 1. The monoisotopic (exact) mass is 244 g/mol. The van der Waals surface area contributed by atoms with Gasteiger partial charge in [-0.25, -0.2) is 0 Å². The second kappa shape index (κ2) is 6.50. The normalized spacial score (nSPS) is 24.1. The Hall–Kier alpha value is -0.220. The summed E-state index contributed by atoms with van der Waals surface area (Å²) in [6, 6.07) is 0.413. The fourth-order valence-corrected chi connectivity index (χ4v) is 2.95. The number of likely N-dealkylation sites (N-methyl/N-ethyl adjacent to an activating group) is 2. The Kier molecular flexibility index (Phi) is 5.62. The van der Waals surface area contributed by atoms with E-state index in [0.29, 0.717) is 11.9 Å². The molecule has 0 bridgehead atoms. The van der Waals surface area contributed by atoms with Crippen LogP contribution in [0.15, 0.2) is 0 Å². The lowest BCUT2D eigenvalue weighted by Crippen LogP contribution is -2.48. The Balaban J connectivity index is 2.48. The molecule has 1 amide bonds. The number of hydrogen-bond donors (Lipinski definition) is 0. The maximum absolute atomic E-state index is 12.1. The van der Waals surface area contributed by atoms with Crippen LogP contribution in [-0.4, -0.2) is 60.9 Å². The fourth-order valence-electron chi connectivity index (χ4n) is 2.30. The Morgan fingerprint density at radius 3 is 2.88 bits per heavy atom. The summed E-state index contributed by atoms with van der Waals surface area (Å²) in [6.07, 6.45) is 4.41. The standard InChI is InChI=1S/C12H24N2OS/c1-10(9-16-4)12(15)14(3)11-6-5-7-13(2)8-11/h10-11H,5-9H2,1-4H3/t10-,11-/m1/s1. The molecule has 0 aliphatic carbocycles. The molecule has 2 atom stereocenters. The highest BCUT2D eigenvalue weighted by Crippen LogP contribution is 2.16. The molecule has 1 saturated heterocycles. The number of piperidine rings is 1. The van der Waals surface area contributed by atoms with Crippen LogP contribution >= 0.6 is 11.8 Å². The second-order valence-electron chi connectivity index (χ2n) is 4.86. The van der Waals surface area contributed by atoms with E-state index < -0.39 is 0 Å². The second-order valence-corrected chi connectivity index (χ2v) is 5.77. The van der Waals surface area contributed by atoms with Crippen molar-refractivity contribution in [2.24, 2.45) is 5.92 Å². The predicted molar refractivity (Wildman–Crippen MR) is 70.8 cm³/mol. The largest absolute Gasteiger partial charge is 0.341 e. The Morgan fingerprint density at radius 2 is 2.31 bits per heavy atom. The lowest BCUT2D eigenvalue weighted by atomic mass is 10.0. The minimum absolute atomic E-state index is 0.146. The maximum Gasteiger partial charge on any atom is 0.226 e. The zero-order valence-electron chi connectivity index (χ0n) is 10.9. The minimum Gasteiger partial charge on any atom is -0.341 e. The van der Waals surface area contributed by atoms with E-state index in [-0.39, 0.29) is 5.92 Å². The molecule has 0 aromatic rings. The van der Waals surface area contributed by atoms with Gasteiger partial charge in [-0.2, -0.15) is 11.8 Å². The summed E-state index contributed by atoms with van der Waals surface area (Å²) in [5.74, 6) is 1.37. The predicted octanol–water partition coefficient (Wildman–Crippen LogP) is 1.54. The van der Waals surface area contributed by atoms with Crippen LogP contribution in [0, 0.1) is 5.92 Å². The SMILES string of the molecule is CSC[C@@H](C)C(=O)N(C)[C@@H]1CCCN(C)C1. The Bertz CT molecular complexity index is 235. The molecule has 1 aliphatic heterocycles. The van der Waals surface area contributed by atoms with Crippen molar-refractivity contribution in [3.63, 3.8) is 0 Å². The fraction of sp³-hybridized carbons (Fsp3) is 0.917. The molecule has 16 heavy (non-hydrogen) atoms. The molecule has 0 saturated carbocycles. The van der Waals surface area contributed by atoms with E-state index in [1.54, 1.807) is 11.8 Å². The number of thioether (sulfide) groups is 1. The van der Waals surface area contributed by atoms with Gasteiger partial charge in [0.05, 0.1) is 0 Å². The van der Waals surface area contributed by atoms with Gasteiger partial charge in [-0.3, -0.25) is 4.79 Å². The van der Waals surface area contributed by atoms with E-state index >= 15 is 0 Å². The molecule has 0 aromatic heterocycles. The zero-order valence-corrected chi connectivity index (χ0v) is 11.7. The maximum atomic E-state index is 12.1. The first kappa shape index (κ1) is 13.8. The van der Waals surface area contributed by atoms with E-state index in [4.69, 9.17) is 0 Å². The summed E-state index contributed by atoms with van der Waals surface area (Å²) in [7, 11) is 4.10. The first-order chi connectivity index (χ1) is 7.56. The third kappa shape index (κ3) is 3.67. The molecule has 0 unspecified atom stereocenters. The first-order valence-corrected chi connectivity index (χ1v) is 7.39. The van der Waals surface area contributed by atoms with Crippen LogP contribution in [0.2, 0.25) is 0 Å². The van der Waals surface area contributed by atoms with Crippen LogP contribution in [0.5, 0.6) is 0 Å². The molecule has 3 nitrogen and oxygen atoms in total. The van der Waals surface area contributed by atoms with E-state index in [0.717, 1.165) is 18.7 Å². The number of hydrogen-bond acceptors (Lipinski definition) is 3. The van der Waals surface area contributed by atoms with Crippen molar-refractivity contribution < 1.29 is 4.79 Å². The third-order valence-corrected chi connectivity index (χ3v) is 4.17. The molecule has 94 valence electrons. The van der Waals surface area contributed by atoms with Crippen LogP contribution in [0.25, 0.3) is 0 Å². The molecule has 1 rings (SSSR count). The number of carbonyl (C=O) groups excluding carboxylic acids is 1. The van der Waals surface area contributed by atoms with Crippen molar-refractivity contribution in [1.29, 1.82) is 0 Å². The van der Waals surface area contributed by atoms with Gasteiger partial charge in [0, 0.05) is 31.3 Å². The number of nitrogens with zero attached hydrogens (tertiary/aromatic N) is 2. The van der Waals surface area contributed by atoms with Gasteiger partial charge in [-0.1, -0.05) is 6.92 Å². The van der Waals surface area contributed by atoms with Crippen molar-refractivity contribution in [3.05, 3.63) is 0 Å². The van der Waals surface area contributed by atoms with Crippen molar-refractivity contribution in [2.75, 3.05) is 39.2 Å². The van der Waals surface area contributed by atoms with Gasteiger partial charge in [-0.15, -0.1) is 0 Å². The van der Waals surface area contributed by atoms with E-state index in [1.165, 1.54) is 13.0 Å².